The van der Waals surface area contributed by atoms with Gasteiger partial charge in [0.2, 0.25) is 0 Å². The molecule has 0 saturated carbocycles. The number of ether oxygens (including phenoxy) is 1. The summed E-state index contributed by atoms with van der Waals surface area (Å²) in [5, 5.41) is 10.8. The molecule has 1 heterocycles. The first-order valence-corrected chi connectivity index (χ1v) is 8.54. The zero-order chi connectivity index (χ0) is 19.6. The number of methoxy groups -OCH3 is 1. The molecule has 1 aliphatic rings. The van der Waals surface area contributed by atoms with E-state index >= 15 is 0 Å². The third-order valence-electron chi connectivity index (χ3n) is 4.59. The van der Waals surface area contributed by atoms with Crippen molar-refractivity contribution in [1.82, 2.24) is 4.90 Å². The van der Waals surface area contributed by atoms with Crippen molar-refractivity contribution in [2.45, 2.75) is 13.0 Å². The standard InChI is InChI=1S/C21H20FNO4/c1-13-3-5-15(6-4-13)19(24)17-18(14-7-9-16(22)10-8-14)23(11-12-27-2)21(26)20(17)25/h3-10,18,24H,11-12H2,1-2H3/t18-/m1/s1. The number of likely N-dealkylation sites (tertiary alicyclic amines) is 1. The van der Waals surface area contributed by atoms with Gasteiger partial charge in [0.25, 0.3) is 11.7 Å². The number of aliphatic hydroxyl groups is 1. The fraction of sp³-hybridized carbons (Fsp3) is 0.238. The van der Waals surface area contributed by atoms with E-state index in [1.54, 1.807) is 12.1 Å². The van der Waals surface area contributed by atoms with Gasteiger partial charge < -0.3 is 14.7 Å². The number of rotatable bonds is 5. The first kappa shape index (κ1) is 18.8. The Hall–Kier alpha value is -2.99. The van der Waals surface area contributed by atoms with Crippen LogP contribution >= 0.6 is 0 Å². The molecule has 5 nitrogen and oxygen atoms in total. The van der Waals surface area contributed by atoms with Crippen molar-refractivity contribution >= 4 is 17.4 Å². The number of hydrogen-bond donors (Lipinski definition) is 1. The Morgan fingerprint density at radius 2 is 1.74 bits per heavy atom. The maximum atomic E-state index is 13.4. The zero-order valence-corrected chi connectivity index (χ0v) is 15.1. The third kappa shape index (κ3) is 3.61. The highest BCUT2D eigenvalue weighted by Crippen LogP contribution is 2.39. The van der Waals surface area contributed by atoms with Gasteiger partial charge in [-0.15, -0.1) is 0 Å². The van der Waals surface area contributed by atoms with E-state index in [0.29, 0.717) is 11.1 Å². The Morgan fingerprint density at radius 3 is 2.33 bits per heavy atom. The smallest absolute Gasteiger partial charge is 0.295 e. The minimum Gasteiger partial charge on any atom is -0.507 e. The van der Waals surface area contributed by atoms with E-state index in [4.69, 9.17) is 4.74 Å². The second kappa shape index (κ2) is 7.72. The highest BCUT2D eigenvalue weighted by atomic mass is 19.1. The minimum absolute atomic E-state index is 0.00781. The van der Waals surface area contributed by atoms with Gasteiger partial charge in [0, 0.05) is 19.2 Å². The number of Topliss-reactive ketones (excluding diaryl/α,β-unsaturated/α-hetero) is 1. The summed E-state index contributed by atoms with van der Waals surface area (Å²) in [6.45, 7) is 2.31. The molecule has 1 aliphatic heterocycles. The van der Waals surface area contributed by atoms with Crippen LogP contribution in [0.5, 0.6) is 0 Å². The lowest BCUT2D eigenvalue weighted by Crippen LogP contribution is -2.32. The second-order valence-electron chi connectivity index (χ2n) is 6.40. The Labute approximate surface area is 156 Å². The first-order valence-electron chi connectivity index (χ1n) is 8.54. The number of hydrogen-bond acceptors (Lipinski definition) is 4. The Bertz CT molecular complexity index is 887. The molecule has 0 bridgehead atoms. The average molecular weight is 369 g/mol. The van der Waals surface area contributed by atoms with Gasteiger partial charge in [0.05, 0.1) is 18.2 Å². The van der Waals surface area contributed by atoms with E-state index < -0.39 is 23.5 Å². The van der Waals surface area contributed by atoms with Gasteiger partial charge in [-0.3, -0.25) is 9.59 Å². The summed E-state index contributed by atoms with van der Waals surface area (Å²) >= 11 is 0. The Balaban J connectivity index is 2.14. The molecule has 1 amide bonds. The predicted molar refractivity (Wildman–Crippen MR) is 98.5 cm³/mol. The van der Waals surface area contributed by atoms with Gasteiger partial charge in [-0.25, -0.2) is 4.39 Å². The number of carbonyl (C=O) groups is 2. The quantitative estimate of drug-likeness (QED) is 0.499. The number of aliphatic hydroxyl groups excluding tert-OH is 1. The lowest BCUT2D eigenvalue weighted by atomic mass is 9.95. The maximum absolute atomic E-state index is 13.4. The van der Waals surface area contributed by atoms with E-state index in [9.17, 15) is 19.1 Å². The highest BCUT2D eigenvalue weighted by molar-refractivity contribution is 6.46. The summed E-state index contributed by atoms with van der Waals surface area (Å²) in [5.41, 5.74) is 1.98. The summed E-state index contributed by atoms with van der Waals surface area (Å²) in [5.74, 6) is -2.15. The highest BCUT2D eigenvalue weighted by Gasteiger charge is 2.45. The van der Waals surface area contributed by atoms with Crippen molar-refractivity contribution in [1.29, 1.82) is 0 Å². The number of nitrogens with zero attached hydrogens (tertiary/aromatic N) is 1. The van der Waals surface area contributed by atoms with Crippen molar-refractivity contribution in [3.8, 4) is 0 Å². The molecule has 0 aromatic heterocycles. The third-order valence-corrected chi connectivity index (χ3v) is 4.59. The summed E-state index contributed by atoms with van der Waals surface area (Å²) in [6, 6.07) is 11.7. The molecule has 1 atom stereocenters. The fourth-order valence-corrected chi connectivity index (χ4v) is 3.16. The summed E-state index contributed by atoms with van der Waals surface area (Å²) in [7, 11) is 1.50. The van der Waals surface area contributed by atoms with Crippen molar-refractivity contribution < 1.29 is 23.8 Å². The van der Waals surface area contributed by atoms with Crippen LogP contribution in [0.25, 0.3) is 5.76 Å². The molecule has 0 aliphatic carbocycles. The van der Waals surface area contributed by atoms with Gasteiger partial charge in [-0.05, 0) is 24.6 Å². The fourth-order valence-electron chi connectivity index (χ4n) is 3.16. The number of aryl methyl sites for hydroxylation is 1. The number of amides is 1. The molecule has 27 heavy (non-hydrogen) atoms. The van der Waals surface area contributed by atoms with Crippen LogP contribution in [0.2, 0.25) is 0 Å². The lowest BCUT2D eigenvalue weighted by molar-refractivity contribution is -0.140. The minimum atomic E-state index is -0.804. The number of carbonyl (C=O) groups excluding carboxylic acids is 2. The SMILES string of the molecule is COCCN1C(=O)C(=O)C(=C(O)c2ccc(C)cc2)[C@H]1c1ccc(F)cc1. The van der Waals surface area contributed by atoms with Crippen LogP contribution in [-0.2, 0) is 14.3 Å². The van der Waals surface area contributed by atoms with Gasteiger partial charge >= 0.3 is 0 Å². The summed E-state index contributed by atoms with van der Waals surface area (Å²) in [4.78, 5) is 26.6. The van der Waals surface area contributed by atoms with Crippen molar-refractivity contribution in [3.63, 3.8) is 0 Å². The van der Waals surface area contributed by atoms with Crippen LogP contribution in [0.15, 0.2) is 54.1 Å². The molecule has 3 rings (SSSR count). The first-order chi connectivity index (χ1) is 12.9. The zero-order valence-electron chi connectivity index (χ0n) is 15.1. The van der Waals surface area contributed by atoms with Crippen LogP contribution in [0, 0.1) is 12.7 Å². The largest absolute Gasteiger partial charge is 0.507 e. The van der Waals surface area contributed by atoms with E-state index in [1.807, 2.05) is 19.1 Å². The van der Waals surface area contributed by atoms with Crippen LogP contribution < -0.4 is 0 Å². The van der Waals surface area contributed by atoms with Crippen LogP contribution in [0.4, 0.5) is 4.39 Å². The molecule has 0 radical (unpaired) electrons. The van der Waals surface area contributed by atoms with Crippen LogP contribution in [-0.4, -0.2) is 42.0 Å². The van der Waals surface area contributed by atoms with Crippen molar-refractivity contribution in [2.24, 2.45) is 0 Å². The molecular formula is C21H20FNO4. The normalized spacial score (nSPS) is 18.9. The number of benzene rings is 2. The molecular weight excluding hydrogens is 349 g/mol. The molecule has 140 valence electrons. The molecule has 0 unspecified atom stereocenters. The van der Waals surface area contributed by atoms with E-state index in [-0.39, 0.29) is 24.5 Å². The molecule has 0 spiro atoms. The van der Waals surface area contributed by atoms with Crippen LogP contribution in [0.3, 0.4) is 0 Å². The summed E-state index contributed by atoms with van der Waals surface area (Å²) in [6.07, 6.45) is 0. The number of halogens is 1. The van der Waals surface area contributed by atoms with Crippen LogP contribution in [0.1, 0.15) is 22.7 Å². The number of ketones is 1. The van der Waals surface area contributed by atoms with Gasteiger partial charge in [0.15, 0.2) is 0 Å². The topological polar surface area (TPSA) is 66.8 Å². The van der Waals surface area contributed by atoms with E-state index in [1.165, 1.54) is 36.3 Å². The lowest BCUT2D eigenvalue weighted by Gasteiger charge is -2.25. The second-order valence-corrected chi connectivity index (χ2v) is 6.40. The van der Waals surface area contributed by atoms with Gasteiger partial charge in [0.1, 0.15) is 11.6 Å². The molecule has 1 N–H and O–H groups in total. The summed E-state index contributed by atoms with van der Waals surface area (Å²) < 4.78 is 18.4. The van der Waals surface area contributed by atoms with Crippen molar-refractivity contribution in [3.05, 3.63) is 76.6 Å². The van der Waals surface area contributed by atoms with E-state index in [2.05, 4.69) is 0 Å². The monoisotopic (exact) mass is 369 g/mol. The van der Waals surface area contributed by atoms with Gasteiger partial charge in [-0.1, -0.05) is 42.0 Å². The Kier molecular flexibility index (Phi) is 5.37. The van der Waals surface area contributed by atoms with E-state index in [0.717, 1.165) is 5.56 Å². The predicted octanol–water partition coefficient (Wildman–Crippen LogP) is 3.20. The molecule has 2 aromatic carbocycles. The van der Waals surface area contributed by atoms with Crippen molar-refractivity contribution in [2.75, 3.05) is 20.3 Å². The average Bonchev–Trinajstić information content (AvgIpc) is 2.91. The molecule has 1 saturated heterocycles. The Morgan fingerprint density at radius 1 is 1.11 bits per heavy atom. The molecule has 6 heteroatoms. The van der Waals surface area contributed by atoms with Gasteiger partial charge in [-0.2, -0.15) is 0 Å². The maximum Gasteiger partial charge on any atom is 0.295 e. The molecule has 2 aromatic rings. The molecule has 1 fully saturated rings.